The summed E-state index contributed by atoms with van der Waals surface area (Å²) in [6.07, 6.45) is -0.166. The maximum absolute atomic E-state index is 13.4. The van der Waals surface area contributed by atoms with Crippen LogP contribution in [0.25, 0.3) is 10.9 Å². The molecule has 0 spiro atoms. The molecule has 0 unspecified atom stereocenters. The van der Waals surface area contributed by atoms with Gasteiger partial charge >= 0.3 is 5.97 Å². The Kier molecular flexibility index (Phi) is 4.36. The molecule has 2 N–H and O–H groups in total. The predicted molar refractivity (Wildman–Crippen MR) is 92.5 cm³/mol. The molecule has 0 aliphatic carbocycles. The van der Waals surface area contributed by atoms with Crippen molar-refractivity contribution >= 4 is 39.8 Å². The smallest absolute Gasteiger partial charge is 0.307 e. The SMILES string of the molecule is Cc1nc2ccccc2c(Nc2ccc(F)c(Cl)c2)c1CC(=O)O. The second-order valence-electron chi connectivity index (χ2n) is 5.39. The highest BCUT2D eigenvalue weighted by molar-refractivity contribution is 6.31. The van der Waals surface area contributed by atoms with Gasteiger partial charge in [0.1, 0.15) is 5.82 Å². The van der Waals surface area contributed by atoms with E-state index < -0.39 is 11.8 Å². The Balaban J connectivity index is 2.18. The Morgan fingerprint density at radius 1 is 1.29 bits per heavy atom. The largest absolute Gasteiger partial charge is 0.481 e. The van der Waals surface area contributed by atoms with Crippen molar-refractivity contribution in [1.29, 1.82) is 0 Å². The van der Waals surface area contributed by atoms with Crippen molar-refractivity contribution in [2.45, 2.75) is 13.3 Å². The van der Waals surface area contributed by atoms with E-state index in [1.54, 1.807) is 13.0 Å². The van der Waals surface area contributed by atoms with Crippen LogP contribution in [0.1, 0.15) is 11.3 Å². The number of aliphatic carboxylic acids is 1. The average molecular weight is 345 g/mol. The molecule has 2 aromatic carbocycles. The monoisotopic (exact) mass is 344 g/mol. The van der Waals surface area contributed by atoms with Crippen LogP contribution >= 0.6 is 11.6 Å². The molecule has 0 saturated carbocycles. The number of carboxylic acid groups (broad SMARTS) is 1. The molecule has 0 fully saturated rings. The van der Waals surface area contributed by atoms with E-state index in [1.807, 2.05) is 24.3 Å². The molecule has 0 aliphatic heterocycles. The summed E-state index contributed by atoms with van der Waals surface area (Å²) < 4.78 is 13.4. The molecule has 0 saturated heterocycles. The second-order valence-corrected chi connectivity index (χ2v) is 5.80. The summed E-state index contributed by atoms with van der Waals surface area (Å²) in [5.74, 6) is -1.46. The number of para-hydroxylation sites is 1. The molecule has 0 aliphatic rings. The second kappa shape index (κ2) is 6.45. The summed E-state index contributed by atoms with van der Waals surface area (Å²) >= 11 is 5.83. The molecule has 6 heteroatoms. The number of benzene rings is 2. The molecule has 24 heavy (non-hydrogen) atoms. The Bertz CT molecular complexity index is 944. The van der Waals surface area contributed by atoms with Crippen LogP contribution in [0.15, 0.2) is 42.5 Å². The molecule has 0 atom stereocenters. The number of nitrogens with zero attached hydrogens (tertiary/aromatic N) is 1. The first-order chi connectivity index (χ1) is 11.5. The number of aromatic nitrogens is 1. The summed E-state index contributed by atoms with van der Waals surface area (Å²) in [4.78, 5) is 15.7. The van der Waals surface area contributed by atoms with Gasteiger partial charge < -0.3 is 10.4 Å². The van der Waals surface area contributed by atoms with E-state index in [-0.39, 0.29) is 11.4 Å². The fourth-order valence-electron chi connectivity index (χ4n) is 2.60. The minimum absolute atomic E-state index is 0.00475. The number of carboxylic acids is 1. The molecule has 0 bridgehead atoms. The summed E-state index contributed by atoms with van der Waals surface area (Å²) in [5.41, 5.74) is 3.18. The zero-order valence-corrected chi connectivity index (χ0v) is 13.6. The van der Waals surface area contributed by atoms with E-state index in [2.05, 4.69) is 10.3 Å². The van der Waals surface area contributed by atoms with Crippen molar-refractivity contribution in [1.82, 2.24) is 4.98 Å². The molecule has 3 rings (SSSR count). The summed E-state index contributed by atoms with van der Waals surface area (Å²) in [5, 5.41) is 13.2. The van der Waals surface area contributed by atoms with Crippen LogP contribution in [0.4, 0.5) is 15.8 Å². The third kappa shape index (κ3) is 3.16. The lowest BCUT2D eigenvalue weighted by Crippen LogP contribution is -2.08. The van der Waals surface area contributed by atoms with Gasteiger partial charge in [0.05, 0.1) is 22.6 Å². The lowest BCUT2D eigenvalue weighted by molar-refractivity contribution is -0.136. The molecule has 1 heterocycles. The third-order valence-electron chi connectivity index (χ3n) is 3.72. The van der Waals surface area contributed by atoms with Crippen LogP contribution in [0, 0.1) is 12.7 Å². The number of anilines is 2. The van der Waals surface area contributed by atoms with Crippen LogP contribution in [0.5, 0.6) is 0 Å². The van der Waals surface area contributed by atoms with Crippen molar-refractivity contribution in [2.24, 2.45) is 0 Å². The Morgan fingerprint density at radius 2 is 2.04 bits per heavy atom. The van der Waals surface area contributed by atoms with Crippen molar-refractivity contribution in [3.05, 3.63) is 64.6 Å². The zero-order valence-electron chi connectivity index (χ0n) is 12.8. The average Bonchev–Trinajstić information content (AvgIpc) is 2.54. The molecular weight excluding hydrogens is 331 g/mol. The van der Waals surface area contributed by atoms with Crippen LogP contribution in [-0.4, -0.2) is 16.1 Å². The maximum atomic E-state index is 13.4. The van der Waals surface area contributed by atoms with E-state index in [9.17, 15) is 14.3 Å². The van der Waals surface area contributed by atoms with Crippen LogP contribution < -0.4 is 5.32 Å². The Labute approximate surface area is 142 Å². The standard InChI is InChI=1S/C18H14ClFN2O2/c1-10-13(9-17(23)24)18(12-4-2-3-5-16(12)21-10)22-11-6-7-15(20)14(19)8-11/h2-8H,9H2,1H3,(H,21,22)(H,23,24). The van der Waals surface area contributed by atoms with Crippen molar-refractivity contribution in [2.75, 3.05) is 5.32 Å². The van der Waals surface area contributed by atoms with Crippen LogP contribution in [0.3, 0.4) is 0 Å². The molecule has 0 amide bonds. The van der Waals surface area contributed by atoms with Gasteiger partial charge in [-0.05, 0) is 31.2 Å². The van der Waals surface area contributed by atoms with Crippen molar-refractivity contribution in [3.63, 3.8) is 0 Å². The fourth-order valence-corrected chi connectivity index (χ4v) is 2.78. The minimum Gasteiger partial charge on any atom is -0.481 e. The normalized spacial score (nSPS) is 10.8. The van der Waals surface area contributed by atoms with Gasteiger partial charge in [-0.15, -0.1) is 0 Å². The maximum Gasteiger partial charge on any atom is 0.307 e. The van der Waals surface area contributed by atoms with Gasteiger partial charge in [-0.25, -0.2) is 4.39 Å². The first-order valence-corrected chi connectivity index (χ1v) is 7.65. The number of carbonyl (C=O) groups is 1. The lowest BCUT2D eigenvalue weighted by Gasteiger charge is -2.16. The number of nitrogens with one attached hydrogen (secondary N) is 1. The van der Waals surface area contributed by atoms with E-state index in [0.29, 0.717) is 22.6 Å². The number of hydrogen-bond acceptors (Lipinski definition) is 3. The van der Waals surface area contributed by atoms with E-state index in [4.69, 9.17) is 11.6 Å². The quantitative estimate of drug-likeness (QED) is 0.719. The summed E-state index contributed by atoms with van der Waals surface area (Å²) in [6, 6.07) is 11.7. The highest BCUT2D eigenvalue weighted by Crippen LogP contribution is 2.32. The van der Waals surface area contributed by atoms with Crippen LogP contribution in [0.2, 0.25) is 5.02 Å². The molecule has 1 aromatic heterocycles. The lowest BCUT2D eigenvalue weighted by atomic mass is 10.0. The van der Waals surface area contributed by atoms with Crippen molar-refractivity contribution in [3.8, 4) is 0 Å². The number of pyridine rings is 1. The number of hydrogen-bond donors (Lipinski definition) is 2. The fraction of sp³-hybridized carbons (Fsp3) is 0.111. The van der Waals surface area contributed by atoms with E-state index in [1.165, 1.54) is 12.1 Å². The molecule has 122 valence electrons. The van der Waals surface area contributed by atoms with Crippen molar-refractivity contribution < 1.29 is 14.3 Å². The first-order valence-electron chi connectivity index (χ1n) is 7.28. The highest BCUT2D eigenvalue weighted by Gasteiger charge is 2.16. The van der Waals surface area contributed by atoms with Gasteiger partial charge in [-0.2, -0.15) is 0 Å². The zero-order chi connectivity index (χ0) is 17.3. The number of aryl methyl sites for hydroxylation is 1. The number of fused-ring (bicyclic) bond motifs is 1. The van der Waals surface area contributed by atoms with E-state index >= 15 is 0 Å². The highest BCUT2D eigenvalue weighted by atomic mass is 35.5. The van der Waals surface area contributed by atoms with Gasteiger partial charge in [0.15, 0.2) is 0 Å². The number of halogens is 2. The third-order valence-corrected chi connectivity index (χ3v) is 4.01. The Morgan fingerprint density at radius 3 is 2.75 bits per heavy atom. The van der Waals surface area contributed by atoms with Gasteiger partial charge in [-0.1, -0.05) is 29.8 Å². The van der Waals surface area contributed by atoms with Gasteiger partial charge in [-0.3, -0.25) is 9.78 Å². The molecule has 3 aromatic rings. The van der Waals surface area contributed by atoms with Gasteiger partial charge in [0, 0.05) is 22.3 Å². The summed E-state index contributed by atoms with van der Waals surface area (Å²) in [6.45, 7) is 1.77. The predicted octanol–water partition coefficient (Wildman–Crippen LogP) is 4.71. The van der Waals surface area contributed by atoms with Gasteiger partial charge in [0.25, 0.3) is 0 Å². The first kappa shape index (κ1) is 16.2. The van der Waals surface area contributed by atoms with E-state index in [0.717, 1.165) is 10.9 Å². The Hall–Kier alpha value is -2.66. The molecular formula is C18H14ClFN2O2. The topological polar surface area (TPSA) is 62.2 Å². The van der Waals surface area contributed by atoms with Crippen LogP contribution in [-0.2, 0) is 11.2 Å². The summed E-state index contributed by atoms with van der Waals surface area (Å²) in [7, 11) is 0. The molecule has 0 radical (unpaired) electrons. The number of rotatable bonds is 4. The minimum atomic E-state index is -0.949. The van der Waals surface area contributed by atoms with Gasteiger partial charge in [0.2, 0.25) is 0 Å². The molecule has 4 nitrogen and oxygen atoms in total.